The first-order valence-electron chi connectivity index (χ1n) is 7.60. The summed E-state index contributed by atoms with van der Waals surface area (Å²) in [6.45, 7) is 12.0. The summed E-state index contributed by atoms with van der Waals surface area (Å²) in [6, 6.07) is 0.720. The van der Waals surface area contributed by atoms with Crippen LogP contribution in [0.4, 0.5) is 0 Å². The molecule has 0 aromatic rings. The van der Waals surface area contributed by atoms with Crippen LogP contribution in [-0.4, -0.2) is 37.1 Å². The van der Waals surface area contributed by atoms with Crippen LogP contribution < -0.4 is 5.32 Å². The second-order valence-electron chi connectivity index (χ2n) is 6.75. The molecule has 0 aromatic heterocycles. The van der Waals surface area contributed by atoms with Crippen molar-refractivity contribution in [2.45, 2.75) is 52.5 Å². The Labute approximate surface area is 107 Å². The Morgan fingerprint density at radius 1 is 1.06 bits per heavy atom. The number of piperidine rings is 1. The number of nitrogens with zero attached hydrogens (tertiary/aromatic N) is 1. The Morgan fingerprint density at radius 2 is 1.71 bits per heavy atom. The molecule has 3 unspecified atom stereocenters. The van der Waals surface area contributed by atoms with E-state index in [1.165, 1.54) is 38.8 Å². The van der Waals surface area contributed by atoms with Gasteiger partial charge in [-0.15, -0.1) is 0 Å². The Bertz CT molecular complexity index is 215. The fraction of sp³-hybridized carbons (Fsp3) is 1.00. The van der Waals surface area contributed by atoms with Gasteiger partial charge in [0.2, 0.25) is 0 Å². The van der Waals surface area contributed by atoms with Crippen molar-refractivity contribution >= 4 is 0 Å². The van der Waals surface area contributed by atoms with E-state index in [0.29, 0.717) is 0 Å². The van der Waals surface area contributed by atoms with Crippen molar-refractivity contribution in [1.82, 2.24) is 10.2 Å². The molecule has 1 aliphatic heterocycles. The van der Waals surface area contributed by atoms with Crippen LogP contribution in [0.5, 0.6) is 0 Å². The highest BCUT2D eigenvalue weighted by atomic mass is 15.2. The van der Waals surface area contributed by atoms with E-state index in [1.54, 1.807) is 0 Å². The van der Waals surface area contributed by atoms with Crippen molar-refractivity contribution in [3.8, 4) is 0 Å². The van der Waals surface area contributed by atoms with Crippen molar-refractivity contribution in [3.05, 3.63) is 0 Å². The first kappa shape index (κ1) is 13.4. The van der Waals surface area contributed by atoms with Crippen LogP contribution in [0.15, 0.2) is 0 Å². The number of nitrogens with one attached hydrogen (secondary N) is 1. The molecule has 0 radical (unpaired) electrons. The van der Waals surface area contributed by atoms with Crippen molar-refractivity contribution in [3.63, 3.8) is 0 Å². The van der Waals surface area contributed by atoms with Gasteiger partial charge in [-0.3, -0.25) is 4.90 Å². The lowest BCUT2D eigenvalue weighted by atomic mass is 9.77. The SMILES string of the molecule is CC(C)CNCC(C)N1CC2CCCC(C2)C1. The van der Waals surface area contributed by atoms with Crippen LogP contribution in [0.2, 0.25) is 0 Å². The molecule has 100 valence electrons. The molecule has 2 nitrogen and oxygen atoms in total. The normalized spacial score (nSPS) is 31.8. The third-order valence-electron chi connectivity index (χ3n) is 4.49. The molecule has 2 fully saturated rings. The fourth-order valence-electron chi connectivity index (χ4n) is 3.54. The summed E-state index contributed by atoms with van der Waals surface area (Å²) in [5, 5.41) is 3.61. The first-order chi connectivity index (χ1) is 8.15. The minimum absolute atomic E-state index is 0.720. The lowest BCUT2D eigenvalue weighted by molar-refractivity contribution is 0.0583. The molecule has 2 aliphatic rings. The van der Waals surface area contributed by atoms with Crippen LogP contribution in [0.3, 0.4) is 0 Å². The summed E-state index contributed by atoms with van der Waals surface area (Å²) >= 11 is 0. The number of hydrogen-bond donors (Lipinski definition) is 1. The predicted octanol–water partition coefficient (Wildman–Crippen LogP) is 2.74. The minimum atomic E-state index is 0.720. The molecule has 0 aromatic carbocycles. The summed E-state index contributed by atoms with van der Waals surface area (Å²) < 4.78 is 0. The van der Waals surface area contributed by atoms with E-state index in [4.69, 9.17) is 0 Å². The third kappa shape index (κ3) is 3.96. The quantitative estimate of drug-likeness (QED) is 0.792. The molecule has 0 spiro atoms. The van der Waals surface area contributed by atoms with Gasteiger partial charge in [0, 0.05) is 25.7 Å². The Balaban J connectivity index is 1.73. The van der Waals surface area contributed by atoms with E-state index in [2.05, 4.69) is 31.0 Å². The van der Waals surface area contributed by atoms with E-state index >= 15 is 0 Å². The standard InChI is InChI=1S/C15H30N2/c1-12(2)8-16-9-13(3)17-10-14-5-4-6-15(7-14)11-17/h12-16H,4-11H2,1-3H3. The van der Waals surface area contributed by atoms with Gasteiger partial charge >= 0.3 is 0 Å². The molecule has 2 rings (SSSR count). The molecule has 2 heteroatoms. The van der Waals surface area contributed by atoms with Crippen molar-refractivity contribution in [2.75, 3.05) is 26.2 Å². The van der Waals surface area contributed by atoms with Crippen LogP contribution in [0, 0.1) is 17.8 Å². The topological polar surface area (TPSA) is 15.3 Å². The van der Waals surface area contributed by atoms with Gasteiger partial charge in [0.15, 0.2) is 0 Å². The van der Waals surface area contributed by atoms with Gasteiger partial charge in [-0.05, 0) is 50.5 Å². The predicted molar refractivity (Wildman–Crippen MR) is 74.2 cm³/mol. The van der Waals surface area contributed by atoms with Crippen LogP contribution in [0.1, 0.15) is 46.5 Å². The average Bonchev–Trinajstić information content (AvgIpc) is 2.27. The van der Waals surface area contributed by atoms with Gasteiger partial charge < -0.3 is 5.32 Å². The Morgan fingerprint density at radius 3 is 2.29 bits per heavy atom. The Hall–Kier alpha value is -0.0800. The van der Waals surface area contributed by atoms with Gasteiger partial charge in [0.1, 0.15) is 0 Å². The fourth-order valence-corrected chi connectivity index (χ4v) is 3.54. The third-order valence-corrected chi connectivity index (χ3v) is 4.49. The molecule has 17 heavy (non-hydrogen) atoms. The molecule has 2 bridgehead atoms. The average molecular weight is 238 g/mol. The van der Waals surface area contributed by atoms with Crippen LogP contribution in [-0.2, 0) is 0 Å². The molecule has 1 N–H and O–H groups in total. The summed E-state index contributed by atoms with van der Waals surface area (Å²) in [4.78, 5) is 2.74. The Kier molecular flexibility index (Phi) is 4.87. The highest BCUT2D eigenvalue weighted by Crippen LogP contribution is 2.34. The lowest BCUT2D eigenvalue weighted by Crippen LogP contribution is -2.50. The zero-order chi connectivity index (χ0) is 12.3. The number of rotatable bonds is 5. The smallest absolute Gasteiger partial charge is 0.0192 e. The summed E-state index contributed by atoms with van der Waals surface area (Å²) in [6.07, 6.45) is 5.98. The van der Waals surface area contributed by atoms with Crippen molar-refractivity contribution in [1.29, 1.82) is 0 Å². The zero-order valence-electron chi connectivity index (χ0n) is 11.9. The van der Waals surface area contributed by atoms with E-state index < -0.39 is 0 Å². The van der Waals surface area contributed by atoms with Crippen molar-refractivity contribution < 1.29 is 0 Å². The summed E-state index contributed by atoms with van der Waals surface area (Å²) in [5.74, 6) is 2.79. The van der Waals surface area contributed by atoms with Crippen molar-refractivity contribution in [2.24, 2.45) is 17.8 Å². The zero-order valence-corrected chi connectivity index (χ0v) is 11.9. The first-order valence-corrected chi connectivity index (χ1v) is 7.60. The van der Waals surface area contributed by atoms with E-state index in [9.17, 15) is 0 Å². The summed E-state index contributed by atoms with van der Waals surface area (Å²) in [5.41, 5.74) is 0. The lowest BCUT2D eigenvalue weighted by Gasteiger charge is -2.44. The molecule has 1 heterocycles. The van der Waals surface area contributed by atoms with Crippen LogP contribution in [0.25, 0.3) is 0 Å². The number of fused-ring (bicyclic) bond motifs is 2. The minimum Gasteiger partial charge on any atom is -0.315 e. The van der Waals surface area contributed by atoms with E-state index in [-0.39, 0.29) is 0 Å². The highest BCUT2D eigenvalue weighted by molar-refractivity contribution is 4.86. The largest absolute Gasteiger partial charge is 0.315 e. The molecule has 3 atom stereocenters. The van der Waals surface area contributed by atoms with Gasteiger partial charge in [-0.2, -0.15) is 0 Å². The van der Waals surface area contributed by atoms with E-state index in [0.717, 1.165) is 36.9 Å². The number of hydrogen-bond acceptors (Lipinski definition) is 2. The summed E-state index contributed by atoms with van der Waals surface area (Å²) in [7, 11) is 0. The van der Waals surface area contributed by atoms with Gasteiger partial charge in [0.05, 0.1) is 0 Å². The molecule has 0 amide bonds. The molecule has 1 saturated heterocycles. The molecule has 1 saturated carbocycles. The number of likely N-dealkylation sites (tertiary alicyclic amines) is 1. The maximum atomic E-state index is 3.61. The second kappa shape index (κ2) is 6.19. The van der Waals surface area contributed by atoms with Gasteiger partial charge in [0.25, 0.3) is 0 Å². The van der Waals surface area contributed by atoms with Crippen LogP contribution >= 0.6 is 0 Å². The second-order valence-corrected chi connectivity index (χ2v) is 6.75. The van der Waals surface area contributed by atoms with E-state index in [1.807, 2.05) is 0 Å². The maximum Gasteiger partial charge on any atom is 0.0192 e. The highest BCUT2D eigenvalue weighted by Gasteiger charge is 2.32. The molecule has 1 aliphatic carbocycles. The van der Waals surface area contributed by atoms with Gasteiger partial charge in [-0.1, -0.05) is 20.3 Å². The molecular formula is C15H30N2. The van der Waals surface area contributed by atoms with Gasteiger partial charge in [-0.25, -0.2) is 0 Å². The monoisotopic (exact) mass is 238 g/mol. The maximum absolute atomic E-state index is 3.61. The molecular weight excluding hydrogens is 208 g/mol.